The van der Waals surface area contributed by atoms with Gasteiger partial charge in [0.25, 0.3) is 0 Å². The van der Waals surface area contributed by atoms with Gasteiger partial charge in [0.2, 0.25) is 0 Å². The van der Waals surface area contributed by atoms with Crippen molar-refractivity contribution in [3.63, 3.8) is 0 Å². The Morgan fingerprint density at radius 2 is 0.740 bits per heavy atom. The fraction of sp³-hybridized carbons (Fsp3) is 0. The van der Waals surface area contributed by atoms with Gasteiger partial charge in [-0.1, -0.05) is 146 Å². The summed E-state index contributed by atoms with van der Waals surface area (Å²) in [5.41, 5.74) is 15.1. The summed E-state index contributed by atoms with van der Waals surface area (Å²) in [5, 5.41) is 10.6. The van der Waals surface area contributed by atoms with Crippen LogP contribution in [0.3, 0.4) is 0 Å². The first-order chi connectivity index (χ1) is 24.8. The van der Waals surface area contributed by atoms with E-state index in [0.29, 0.717) is 0 Å². The molecule has 0 radical (unpaired) electrons. The first-order valence-corrected chi connectivity index (χ1v) is 17.4. The molecule has 0 spiro atoms. The smallest absolute Gasteiger partial charge is 0.0634 e. The number of para-hydroxylation sites is 3. The zero-order valence-electron chi connectivity index (χ0n) is 27.1. The zero-order chi connectivity index (χ0) is 32.5. The molecule has 0 fully saturated rings. The molecule has 12 aromatic rings. The van der Waals surface area contributed by atoms with Crippen molar-refractivity contribution in [2.75, 3.05) is 0 Å². The Kier molecular flexibility index (Phi) is 5.00. The minimum atomic E-state index is 1.23. The van der Waals surface area contributed by atoms with E-state index in [4.69, 9.17) is 0 Å². The lowest BCUT2D eigenvalue weighted by molar-refractivity contribution is 1.37. The molecule has 0 aliphatic carbocycles. The number of hydrogen-bond acceptors (Lipinski definition) is 0. The average molecular weight is 633 g/mol. The minimum Gasteiger partial charge on any atom is -0.308 e. The Labute approximate surface area is 287 Å². The van der Waals surface area contributed by atoms with Crippen molar-refractivity contribution in [1.82, 2.24) is 8.80 Å². The van der Waals surface area contributed by atoms with Gasteiger partial charge in [-0.15, -0.1) is 0 Å². The van der Waals surface area contributed by atoms with Crippen molar-refractivity contribution < 1.29 is 0 Å². The summed E-state index contributed by atoms with van der Waals surface area (Å²) in [7, 11) is 0. The van der Waals surface area contributed by atoms with Crippen LogP contribution < -0.4 is 0 Å². The lowest BCUT2D eigenvalue weighted by atomic mass is 9.95. The second-order valence-electron chi connectivity index (χ2n) is 13.6. The van der Waals surface area contributed by atoms with E-state index in [2.05, 4.69) is 179 Å². The second kappa shape index (κ2) is 9.49. The summed E-state index contributed by atoms with van der Waals surface area (Å²) >= 11 is 0. The van der Waals surface area contributed by atoms with Gasteiger partial charge in [0.05, 0.1) is 33.1 Å². The van der Waals surface area contributed by atoms with Gasteiger partial charge in [-0.05, 0) is 52.1 Å². The Hall–Kier alpha value is -6.64. The number of fused-ring (bicyclic) bond motifs is 14. The Balaban J connectivity index is 1.28. The predicted octanol–water partition coefficient (Wildman–Crippen LogP) is 13.0. The molecule has 0 bridgehead atoms. The van der Waals surface area contributed by atoms with Crippen LogP contribution in [0.4, 0.5) is 0 Å². The maximum atomic E-state index is 2.57. The summed E-state index contributed by atoms with van der Waals surface area (Å²) < 4.78 is 5.13. The van der Waals surface area contributed by atoms with E-state index in [0.717, 1.165) is 0 Å². The molecule has 0 aliphatic rings. The molecule has 4 aromatic heterocycles. The first kappa shape index (κ1) is 26.3. The summed E-state index contributed by atoms with van der Waals surface area (Å²) in [6, 6.07) is 62.5. The lowest BCUT2D eigenvalue weighted by Crippen LogP contribution is -1.85. The number of rotatable bonds is 3. The van der Waals surface area contributed by atoms with E-state index in [9.17, 15) is 0 Å². The van der Waals surface area contributed by atoms with Gasteiger partial charge in [-0.25, -0.2) is 0 Å². The van der Waals surface area contributed by atoms with E-state index >= 15 is 0 Å². The molecule has 0 amide bonds. The number of aromatic nitrogens is 2. The normalized spacial score (nSPS) is 12.4. The number of hydrogen-bond donors (Lipinski definition) is 0. The summed E-state index contributed by atoms with van der Waals surface area (Å²) in [5.74, 6) is 0. The minimum absolute atomic E-state index is 1.23. The van der Waals surface area contributed by atoms with Crippen LogP contribution in [0.5, 0.6) is 0 Å². The molecule has 0 aliphatic heterocycles. The highest BCUT2D eigenvalue weighted by molar-refractivity contribution is 6.45. The maximum Gasteiger partial charge on any atom is 0.0634 e. The highest BCUT2D eigenvalue weighted by Crippen LogP contribution is 2.52. The molecule has 8 aromatic carbocycles. The molecular weight excluding hydrogens is 605 g/mol. The number of nitrogens with zero attached hydrogens (tertiary/aromatic N) is 2. The Morgan fingerprint density at radius 3 is 1.46 bits per heavy atom. The topological polar surface area (TPSA) is 8.82 Å². The average Bonchev–Trinajstić information content (AvgIpc) is 3.91. The largest absolute Gasteiger partial charge is 0.308 e. The van der Waals surface area contributed by atoms with Crippen LogP contribution in [0.1, 0.15) is 0 Å². The van der Waals surface area contributed by atoms with Gasteiger partial charge >= 0.3 is 0 Å². The summed E-state index contributed by atoms with van der Waals surface area (Å²) in [4.78, 5) is 0. The molecule has 0 saturated carbocycles. The number of benzene rings is 8. The molecule has 230 valence electrons. The molecular formula is C48H28N2. The van der Waals surface area contributed by atoms with Crippen LogP contribution >= 0.6 is 0 Å². The van der Waals surface area contributed by atoms with Gasteiger partial charge in [-0.3, -0.25) is 0 Å². The summed E-state index contributed by atoms with van der Waals surface area (Å²) in [6.45, 7) is 0. The third kappa shape index (κ3) is 3.23. The van der Waals surface area contributed by atoms with E-state index in [1.807, 2.05) is 0 Å². The lowest BCUT2D eigenvalue weighted by Gasteiger charge is -2.07. The molecule has 0 saturated heterocycles. The third-order valence-electron chi connectivity index (χ3n) is 11.1. The van der Waals surface area contributed by atoms with Gasteiger partial charge in [0.15, 0.2) is 0 Å². The van der Waals surface area contributed by atoms with Crippen LogP contribution in [-0.2, 0) is 0 Å². The molecule has 0 atom stereocenters. The predicted molar refractivity (Wildman–Crippen MR) is 212 cm³/mol. The maximum absolute atomic E-state index is 2.57. The molecule has 2 nitrogen and oxygen atoms in total. The van der Waals surface area contributed by atoms with Crippen LogP contribution in [0, 0.1) is 0 Å². The van der Waals surface area contributed by atoms with Gasteiger partial charge < -0.3 is 8.80 Å². The quantitative estimate of drug-likeness (QED) is 0.183. The SMILES string of the molecule is c1ccc(-c2cccc(-c3ccc4c5c6c7ccccc7n7c8c(-c9ccccc9)cccc8c(c8c9ccccc9n(c4c3)c58)c67)c2)cc1. The van der Waals surface area contributed by atoms with Crippen molar-refractivity contribution in [2.24, 2.45) is 0 Å². The molecule has 0 unspecified atom stereocenters. The fourth-order valence-corrected chi connectivity index (χ4v) is 9.16. The third-order valence-corrected chi connectivity index (χ3v) is 11.1. The van der Waals surface area contributed by atoms with Crippen molar-refractivity contribution in [3.8, 4) is 33.4 Å². The van der Waals surface area contributed by atoms with Crippen molar-refractivity contribution in [1.29, 1.82) is 0 Å². The highest BCUT2D eigenvalue weighted by Gasteiger charge is 2.29. The second-order valence-corrected chi connectivity index (χ2v) is 13.6. The van der Waals surface area contributed by atoms with Crippen LogP contribution in [0.15, 0.2) is 170 Å². The van der Waals surface area contributed by atoms with Crippen molar-refractivity contribution in [2.45, 2.75) is 0 Å². The standard InChI is InChI=1S/C48H28N2/c1-3-13-29(14-4-1)31-17-11-18-32(27-31)33-25-26-37-41(28-33)49-39-23-9-7-19-35(39)43-45-38-22-12-21-34(30-15-5-2-6-16-30)46(38)50-40-24-10-8-20-36(40)42(48(45)50)44(37)47(43)49/h1-28H. The molecule has 50 heavy (non-hydrogen) atoms. The molecule has 12 rings (SSSR count). The monoisotopic (exact) mass is 632 g/mol. The van der Waals surface area contributed by atoms with Gasteiger partial charge in [0.1, 0.15) is 0 Å². The van der Waals surface area contributed by atoms with Crippen LogP contribution in [0.25, 0.3) is 110 Å². The molecule has 2 heteroatoms. The Morgan fingerprint density at radius 1 is 0.260 bits per heavy atom. The van der Waals surface area contributed by atoms with Crippen LogP contribution in [0.2, 0.25) is 0 Å². The summed E-state index contributed by atoms with van der Waals surface area (Å²) in [6.07, 6.45) is 0. The first-order valence-electron chi connectivity index (χ1n) is 17.4. The van der Waals surface area contributed by atoms with Crippen LogP contribution in [-0.4, -0.2) is 8.80 Å². The van der Waals surface area contributed by atoms with E-state index in [1.165, 1.54) is 110 Å². The van der Waals surface area contributed by atoms with Crippen molar-refractivity contribution in [3.05, 3.63) is 170 Å². The van der Waals surface area contributed by atoms with Gasteiger partial charge in [-0.2, -0.15) is 0 Å². The molecule has 0 N–H and O–H groups in total. The van der Waals surface area contributed by atoms with Gasteiger partial charge in [0, 0.05) is 48.7 Å². The highest BCUT2D eigenvalue weighted by atomic mass is 14.9. The van der Waals surface area contributed by atoms with E-state index < -0.39 is 0 Å². The van der Waals surface area contributed by atoms with E-state index in [-0.39, 0.29) is 0 Å². The van der Waals surface area contributed by atoms with Crippen molar-refractivity contribution >= 4 is 76.2 Å². The molecule has 4 heterocycles. The van der Waals surface area contributed by atoms with E-state index in [1.54, 1.807) is 0 Å². The zero-order valence-corrected chi connectivity index (χ0v) is 27.1. The Bertz CT molecular complexity index is 3290. The fourth-order valence-electron chi connectivity index (χ4n) is 9.16.